The molecule has 18 heavy (non-hydrogen) atoms. The topological polar surface area (TPSA) is 28.2 Å². The molecule has 0 aliphatic heterocycles. The van der Waals surface area contributed by atoms with E-state index < -0.39 is 0 Å². The van der Waals surface area contributed by atoms with Crippen LogP contribution in [-0.4, -0.2) is 25.1 Å². The van der Waals surface area contributed by atoms with Gasteiger partial charge in [-0.1, -0.05) is 26.2 Å². The summed E-state index contributed by atoms with van der Waals surface area (Å²) >= 11 is 1.77. The van der Waals surface area contributed by atoms with E-state index in [4.69, 9.17) is 4.98 Å². The number of hydrogen-bond acceptors (Lipinski definition) is 4. The van der Waals surface area contributed by atoms with E-state index in [1.165, 1.54) is 49.5 Å². The molecule has 0 radical (unpaired) electrons. The van der Waals surface area contributed by atoms with Gasteiger partial charge < -0.3 is 10.2 Å². The van der Waals surface area contributed by atoms with Crippen LogP contribution in [0.15, 0.2) is 5.38 Å². The molecule has 4 heteroatoms. The number of hydrogen-bond donors (Lipinski definition) is 1. The molecule has 1 aromatic heterocycles. The SMILES string of the molecule is CCNCc1csc(N(C)CC2CCCCC2)n1. The summed E-state index contributed by atoms with van der Waals surface area (Å²) in [6.07, 6.45) is 7.08. The summed E-state index contributed by atoms with van der Waals surface area (Å²) in [7, 11) is 2.18. The minimum absolute atomic E-state index is 0.880. The zero-order valence-corrected chi connectivity index (χ0v) is 12.4. The van der Waals surface area contributed by atoms with Crippen LogP contribution < -0.4 is 10.2 Å². The monoisotopic (exact) mass is 267 g/mol. The normalized spacial score (nSPS) is 17.0. The van der Waals surface area contributed by atoms with Gasteiger partial charge in [0.15, 0.2) is 5.13 Å². The molecule has 2 rings (SSSR count). The first kappa shape index (κ1) is 13.8. The average Bonchev–Trinajstić information content (AvgIpc) is 2.86. The van der Waals surface area contributed by atoms with Crippen molar-refractivity contribution in [3.8, 4) is 0 Å². The van der Waals surface area contributed by atoms with Crippen LogP contribution in [0, 0.1) is 5.92 Å². The van der Waals surface area contributed by atoms with Crippen LogP contribution in [0.2, 0.25) is 0 Å². The summed E-state index contributed by atoms with van der Waals surface area (Å²) < 4.78 is 0. The summed E-state index contributed by atoms with van der Waals surface area (Å²) in [5, 5.41) is 6.67. The molecule has 0 atom stereocenters. The van der Waals surface area contributed by atoms with Crippen LogP contribution in [-0.2, 0) is 6.54 Å². The highest BCUT2D eigenvalue weighted by molar-refractivity contribution is 7.13. The molecule has 0 spiro atoms. The molecule has 1 N–H and O–H groups in total. The zero-order chi connectivity index (χ0) is 12.8. The number of aromatic nitrogens is 1. The number of nitrogens with zero attached hydrogens (tertiary/aromatic N) is 2. The molecule has 0 amide bonds. The van der Waals surface area contributed by atoms with Crippen molar-refractivity contribution in [1.82, 2.24) is 10.3 Å². The van der Waals surface area contributed by atoms with Crippen molar-refractivity contribution in [1.29, 1.82) is 0 Å². The zero-order valence-electron chi connectivity index (χ0n) is 11.6. The van der Waals surface area contributed by atoms with Gasteiger partial charge >= 0.3 is 0 Å². The van der Waals surface area contributed by atoms with Crippen molar-refractivity contribution in [2.45, 2.75) is 45.6 Å². The van der Waals surface area contributed by atoms with E-state index in [1.807, 2.05) is 0 Å². The fourth-order valence-corrected chi connectivity index (χ4v) is 3.44. The molecule has 1 saturated carbocycles. The van der Waals surface area contributed by atoms with Gasteiger partial charge in [0.2, 0.25) is 0 Å². The molecule has 0 saturated heterocycles. The number of anilines is 1. The molecule has 0 unspecified atom stereocenters. The average molecular weight is 267 g/mol. The second-order valence-electron chi connectivity index (χ2n) is 5.29. The van der Waals surface area contributed by atoms with Crippen molar-refractivity contribution in [3.05, 3.63) is 11.1 Å². The maximum atomic E-state index is 4.70. The third kappa shape index (κ3) is 3.95. The van der Waals surface area contributed by atoms with Crippen LogP contribution in [0.4, 0.5) is 5.13 Å². The second-order valence-corrected chi connectivity index (χ2v) is 6.12. The standard InChI is InChI=1S/C14H25N3S/c1-3-15-9-13-11-18-14(16-13)17(2)10-12-7-5-4-6-8-12/h11-12,15H,3-10H2,1-2H3. The Morgan fingerprint density at radius 2 is 2.17 bits per heavy atom. The molecule has 1 aliphatic carbocycles. The summed E-state index contributed by atoms with van der Waals surface area (Å²) in [4.78, 5) is 7.04. The molecule has 0 aromatic carbocycles. The predicted octanol–water partition coefficient (Wildman–Crippen LogP) is 3.27. The van der Waals surface area contributed by atoms with Crippen LogP contribution in [0.1, 0.15) is 44.7 Å². The first-order valence-corrected chi connectivity index (χ1v) is 8.03. The maximum absolute atomic E-state index is 4.70. The minimum Gasteiger partial charge on any atom is -0.351 e. The van der Waals surface area contributed by atoms with E-state index in [0.717, 1.165) is 19.0 Å². The second kappa shape index (κ2) is 7.10. The highest BCUT2D eigenvalue weighted by Gasteiger charge is 2.16. The fourth-order valence-electron chi connectivity index (χ4n) is 2.64. The lowest BCUT2D eigenvalue weighted by Crippen LogP contribution is -2.26. The molecule has 3 nitrogen and oxygen atoms in total. The molecule has 0 bridgehead atoms. The first-order valence-electron chi connectivity index (χ1n) is 7.16. The van der Waals surface area contributed by atoms with Gasteiger partial charge in [0.25, 0.3) is 0 Å². The van der Waals surface area contributed by atoms with Crippen LogP contribution in [0.25, 0.3) is 0 Å². The van der Waals surface area contributed by atoms with E-state index in [9.17, 15) is 0 Å². The number of rotatable bonds is 6. The molecule has 1 fully saturated rings. The Kier molecular flexibility index (Phi) is 5.45. The first-order chi connectivity index (χ1) is 8.79. The van der Waals surface area contributed by atoms with Crippen molar-refractivity contribution in [2.75, 3.05) is 25.0 Å². The Hall–Kier alpha value is -0.610. The highest BCUT2D eigenvalue weighted by atomic mass is 32.1. The van der Waals surface area contributed by atoms with Gasteiger partial charge in [-0.2, -0.15) is 0 Å². The maximum Gasteiger partial charge on any atom is 0.185 e. The Balaban J connectivity index is 1.83. The van der Waals surface area contributed by atoms with Crippen LogP contribution in [0.3, 0.4) is 0 Å². The number of nitrogens with one attached hydrogen (secondary N) is 1. The van der Waals surface area contributed by atoms with Gasteiger partial charge in [0.1, 0.15) is 0 Å². The minimum atomic E-state index is 0.880. The highest BCUT2D eigenvalue weighted by Crippen LogP contribution is 2.27. The Bertz CT molecular complexity index is 345. The van der Waals surface area contributed by atoms with Gasteiger partial charge in [0, 0.05) is 25.5 Å². The van der Waals surface area contributed by atoms with Gasteiger partial charge in [-0.3, -0.25) is 0 Å². The Labute approximate surface area is 115 Å². The quantitative estimate of drug-likeness (QED) is 0.857. The van der Waals surface area contributed by atoms with Crippen molar-refractivity contribution in [3.63, 3.8) is 0 Å². The van der Waals surface area contributed by atoms with Crippen LogP contribution >= 0.6 is 11.3 Å². The predicted molar refractivity (Wildman–Crippen MR) is 79.3 cm³/mol. The van der Waals surface area contributed by atoms with E-state index in [0.29, 0.717) is 0 Å². The molecular formula is C14H25N3S. The fraction of sp³-hybridized carbons (Fsp3) is 0.786. The largest absolute Gasteiger partial charge is 0.351 e. The summed E-state index contributed by atoms with van der Waals surface area (Å²) in [5.74, 6) is 0.880. The van der Waals surface area contributed by atoms with Crippen molar-refractivity contribution < 1.29 is 0 Å². The smallest absolute Gasteiger partial charge is 0.185 e. The van der Waals surface area contributed by atoms with Crippen LogP contribution in [0.5, 0.6) is 0 Å². The van der Waals surface area contributed by atoms with E-state index in [1.54, 1.807) is 11.3 Å². The lowest BCUT2D eigenvalue weighted by atomic mass is 9.89. The van der Waals surface area contributed by atoms with Crippen molar-refractivity contribution in [2.24, 2.45) is 5.92 Å². The summed E-state index contributed by atoms with van der Waals surface area (Å²) in [6, 6.07) is 0. The molecule has 1 aromatic rings. The summed E-state index contributed by atoms with van der Waals surface area (Å²) in [6.45, 7) is 5.20. The van der Waals surface area contributed by atoms with Gasteiger partial charge in [-0.15, -0.1) is 11.3 Å². The molecular weight excluding hydrogens is 242 g/mol. The number of thiazole rings is 1. The van der Waals surface area contributed by atoms with Gasteiger partial charge in [-0.25, -0.2) is 4.98 Å². The Morgan fingerprint density at radius 3 is 2.89 bits per heavy atom. The lowest BCUT2D eigenvalue weighted by Gasteiger charge is -2.26. The summed E-state index contributed by atoms with van der Waals surface area (Å²) in [5.41, 5.74) is 1.17. The molecule has 1 heterocycles. The van der Waals surface area contributed by atoms with E-state index in [-0.39, 0.29) is 0 Å². The van der Waals surface area contributed by atoms with Gasteiger partial charge in [0.05, 0.1) is 5.69 Å². The van der Waals surface area contributed by atoms with E-state index in [2.05, 4.69) is 29.6 Å². The third-order valence-electron chi connectivity index (χ3n) is 3.68. The molecule has 102 valence electrons. The van der Waals surface area contributed by atoms with Gasteiger partial charge in [-0.05, 0) is 25.3 Å². The van der Waals surface area contributed by atoms with Crippen molar-refractivity contribution >= 4 is 16.5 Å². The Morgan fingerprint density at radius 1 is 1.39 bits per heavy atom. The van der Waals surface area contributed by atoms with E-state index >= 15 is 0 Å². The third-order valence-corrected chi connectivity index (χ3v) is 4.68. The lowest BCUT2D eigenvalue weighted by molar-refractivity contribution is 0.362. The molecule has 1 aliphatic rings.